The summed E-state index contributed by atoms with van der Waals surface area (Å²) < 4.78 is 6.44. The smallest absolute Gasteiger partial charge is 0.128 e. The summed E-state index contributed by atoms with van der Waals surface area (Å²) in [6, 6.07) is 52.8. The molecule has 0 fully saturated rings. The van der Waals surface area contributed by atoms with Gasteiger partial charge >= 0.3 is 0 Å². The third-order valence-corrected chi connectivity index (χ3v) is 6.62. The molecule has 6 aromatic rings. The van der Waals surface area contributed by atoms with Crippen LogP contribution < -0.4 is 4.74 Å². The van der Waals surface area contributed by atoms with Gasteiger partial charge in [0, 0.05) is 33.4 Å². The number of hydrogen-bond acceptors (Lipinski definition) is 1. The molecule has 0 N–H and O–H groups in total. The first-order valence-electron chi connectivity index (χ1n) is 13.5. The summed E-state index contributed by atoms with van der Waals surface area (Å²) in [7, 11) is 0. The quantitative estimate of drug-likeness (QED) is 0.209. The second-order valence-corrected chi connectivity index (χ2v) is 9.48. The van der Waals surface area contributed by atoms with E-state index in [1.165, 1.54) is 0 Å². The Balaban J connectivity index is 1.36. The van der Waals surface area contributed by atoms with E-state index in [-0.39, 0.29) is 0 Å². The van der Waals surface area contributed by atoms with E-state index in [0.29, 0.717) is 0 Å². The Labute approximate surface area is 241 Å². The highest BCUT2D eigenvalue weighted by molar-refractivity contribution is 5.75. The maximum Gasteiger partial charge on any atom is 0.128 e. The number of rotatable bonds is 4. The van der Waals surface area contributed by atoms with Gasteiger partial charge < -0.3 is 4.74 Å². The molecule has 0 aliphatic heterocycles. The van der Waals surface area contributed by atoms with Crippen molar-refractivity contribution in [3.8, 4) is 57.4 Å². The monoisotopic (exact) mass is 522 g/mol. The van der Waals surface area contributed by atoms with Gasteiger partial charge in [0.1, 0.15) is 11.5 Å². The van der Waals surface area contributed by atoms with E-state index in [4.69, 9.17) is 4.74 Å². The maximum absolute atomic E-state index is 6.44. The fourth-order valence-electron chi connectivity index (χ4n) is 4.56. The van der Waals surface area contributed by atoms with Gasteiger partial charge in [-0.3, -0.25) is 0 Å². The van der Waals surface area contributed by atoms with E-state index < -0.39 is 0 Å². The Morgan fingerprint density at radius 1 is 0.341 bits per heavy atom. The van der Waals surface area contributed by atoms with Gasteiger partial charge in [0.25, 0.3) is 0 Å². The summed E-state index contributed by atoms with van der Waals surface area (Å²) in [5.74, 6) is 14.8. The zero-order chi connectivity index (χ0) is 27.7. The molecule has 0 aliphatic rings. The van der Waals surface area contributed by atoms with Crippen molar-refractivity contribution in [1.82, 2.24) is 0 Å². The van der Waals surface area contributed by atoms with Crippen LogP contribution in [0.25, 0.3) is 22.3 Å². The third kappa shape index (κ3) is 6.46. The molecule has 0 radical (unpaired) electrons. The highest BCUT2D eigenvalue weighted by atomic mass is 16.5. The first-order chi connectivity index (χ1) is 20.3. The molecule has 0 amide bonds. The van der Waals surface area contributed by atoms with Gasteiger partial charge in [0.15, 0.2) is 0 Å². The van der Waals surface area contributed by atoms with E-state index in [0.717, 1.165) is 56.0 Å². The van der Waals surface area contributed by atoms with Crippen molar-refractivity contribution in [1.29, 1.82) is 0 Å². The molecule has 0 heterocycles. The zero-order valence-corrected chi connectivity index (χ0v) is 22.4. The predicted octanol–water partition coefficient (Wildman–Crippen LogP) is 9.61. The normalized spacial score (nSPS) is 10.0. The Morgan fingerprint density at radius 3 is 1.10 bits per heavy atom. The summed E-state index contributed by atoms with van der Waals surface area (Å²) in [5.41, 5.74) is 8.10. The Morgan fingerprint density at radius 2 is 0.707 bits per heavy atom. The summed E-state index contributed by atoms with van der Waals surface area (Å²) in [4.78, 5) is 0. The highest BCUT2D eigenvalue weighted by Crippen LogP contribution is 2.33. The van der Waals surface area contributed by atoms with Crippen LogP contribution >= 0.6 is 0 Å². The van der Waals surface area contributed by atoms with E-state index in [1.807, 2.05) is 121 Å². The Kier molecular flexibility index (Phi) is 7.72. The van der Waals surface area contributed by atoms with E-state index in [2.05, 4.69) is 60.1 Å². The van der Waals surface area contributed by atoms with Gasteiger partial charge in [-0.15, -0.1) is 0 Å². The predicted molar refractivity (Wildman–Crippen MR) is 169 cm³/mol. The van der Waals surface area contributed by atoms with Crippen LogP contribution in [0.3, 0.4) is 0 Å². The highest BCUT2D eigenvalue weighted by Gasteiger charge is 2.10. The van der Waals surface area contributed by atoms with Crippen LogP contribution in [0.5, 0.6) is 11.5 Å². The average Bonchev–Trinajstić information content (AvgIpc) is 3.05. The van der Waals surface area contributed by atoms with Gasteiger partial charge in [0.05, 0.1) is 0 Å². The van der Waals surface area contributed by atoms with Crippen molar-refractivity contribution >= 4 is 0 Å². The van der Waals surface area contributed by atoms with Gasteiger partial charge in [0.2, 0.25) is 0 Å². The van der Waals surface area contributed by atoms with Crippen molar-refractivity contribution in [3.63, 3.8) is 0 Å². The van der Waals surface area contributed by atoms with Crippen LogP contribution in [-0.2, 0) is 0 Å². The largest absolute Gasteiger partial charge is 0.457 e. The van der Waals surface area contributed by atoms with E-state index in [1.54, 1.807) is 0 Å². The third-order valence-electron chi connectivity index (χ3n) is 6.62. The Bertz CT molecular complexity index is 1740. The van der Waals surface area contributed by atoms with Crippen LogP contribution in [0, 0.1) is 23.7 Å². The molecule has 6 rings (SSSR count). The minimum Gasteiger partial charge on any atom is -0.457 e. The minimum atomic E-state index is 0.747. The van der Waals surface area contributed by atoms with Gasteiger partial charge in [-0.25, -0.2) is 0 Å². The lowest BCUT2D eigenvalue weighted by Gasteiger charge is -2.12. The molecule has 0 unspecified atom stereocenters. The molecule has 0 spiro atoms. The number of benzene rings is 6. The van der Waals surface area contributed by atoms with Crippen LogP contribution in [0.4, 0.5) is 0 Å². The van der Waals surface area contributed by atoms with Gasteiger partial charge in [-0.1, -0.05) is 121 Å². The molecule has 0 saturated heterocycles. The summed E-state index contributed by atoms with van der Waals surface area (Å²) in [5, 5.41) is 0. The molecule has 0 aromatic heterocycles. The lowest BCUT2D eigenvalue weighted by Crippen LogP contribution is -1.91. The summed E-state index contributed by atoms with van der Waals surface area (Å²) in [6.07, 6.45) is 0. The zero-order valence-electron chi connectivity index (χ0n) is 22.4. The molecular weight excluding hydrogens is 496 g/mol. The molecule has 0 atom stereocenters. The molecule has 0 aliphatic carbocycles. The SMILES string of the molecule is C(#Cc1ccc(Oc2ccc(C#Cc3ccccc3)c(-c3ccccc3)c2)cc1-c1ccccc1)c1ccccc1. The first kappa shape index (κ1) is 25.5. The fraction of sp³-hybridized carbons (Fsp3) is 0. The molecule has 0 bridgehead atoms. The second kappa shape index (κ2) is 12.4. The molecule has 0 saturated carbocycles. The minimum absolute atomic E-state index is 0.747. The van der Waals surface area contributed by atoms with Crippen LogP contribution in [0.1, 0.15) is 22.3 Å². The van der Waals surface area contributed by atoms with Crippen LogP contribution in [0.2, 0.25) is 0 Å². The molecule has 1 nitrogen and oxygen atoms in total. The van der Waals surface area contributed by atoms with E-state index in [9.17, 15) is 0 Å². The summed E-state index contributed by atoms with van der Waals surface area (Å²) >= 11 is 0. The summed E-state index contributed by atoms with van der Waals surface area (Å²) in [6.45, 7) is 0. The van der Waals surface area contributed by atoms with Gasteiger partial charge in [-0.2, -0.15) is 0 Å². The molecule has 6 aromatic carbocycles. The fourth-order valence-corrected chi connectivity index (χ4v) is 4.56. The van der Waals surface area contributed by atoms with Crippen molar-refractivity contribution in [3.05, 3.63) is 180 Å². The van der Waals surface area contributed by atoms with Crippen LogP contribution in [-0.4, -0.2) is 0 Å². The average molecular weight is 523 g/mol. The van der Waals surface area contributed by atoms with Gasteiger partial charge in [-0.05, 0) is 71.8 Å². The van der Waals surface area contributed by atoms with Crippen molar-refractivity contribution in [2.45, 2.75) is 0 Å². The molecule has 1 heteroatoms. The van der Waals surface area contributed by atoms with Crippen molar-refractivity contribution in [2.75, 3.05) is 0 Å². The lowest BCUT2D eigenvalue weighted by atomic mass is 9.98. The van der Waals surface area contributed by atoms with Crippen molar-refractivity contribution in [2.24, 2.45) is 0 Å². The molecule has 192 valence electrons. The van der Waals surface area contributed by atoms with Crippen molar-refractivity contribution < 1.29 is 4.74 Å². The number of ether oxygens (including phenoxy) is 1. The molecular formula is C40H26O. The first-order valence-corrected chi connectivity index (χ1v) is 13.5. The van der Waals surface area contributed by atoms with E-state index >= 15 is 0 Å². The second-order valence-electron chi connectivity index (χ2n) is 9.48. The Hall–Kier alpha value is -5.76. The number of hydrogen-bond donors (Lipinski definition) is 0. The standard InChI is InChI=1S/C40H26O/c1-5-13-31(14-6-1)21-23-35-25-27-37(29-39(35)33-17-9-3-10-18-33)41-38-28-26-36(24-22-32-15-7-2-8-16-32)40(30-38)34-19-11-4-12-20-34/h1-20,25-30H. The van der Waals surface area contributed by atoms with Crippen LogP contribution in [0.15, 0.2) is 158 Å². The lowest BCUT2D eigenvalue weighted by molar-refractivity contribution is 0.483. The maximum atomic E-state index is 6.44. The topological polar surface area (TPSA) is 9.23 Å². The molecule has 41 heavy (non-hydrogen) atoms.